The van der Waals surface area contributed by atoms with Crippen LogP contribution >= 0.6 is 22.9 Å². The Balaban J connectivity index is 1.56. The van der Waals surface area contributed by atoms with Gasteiger partial charge in [0.05, 0.1) is 11.4 Å². The Morgan fingerprint density at radius 2 is 2.04 bits per heavy atom. The third-order valence-corrected chi connectivity index (χ3v) is 4.99. The third kappa shape index (κ3) is 4.46. The van der Waals surface area contributed by atoms with E-state index in [0.717, 1.165) is 10.4 Å². The number of hydrogen-bond donors (Lipinski definition) is 1. The molecule has 0 fully saturated rings. The maximum Gasteiger partial charge on any atom is 0.246 e. The van der Waals surface area contributed by atoms with Crippen LogP contribution in [0.4, 0.5) is 0 Å². The fourth-order valence-corrected chi connectivity index (χ4v) is 3.25. The van der Waals surface area contributed by atoms with Crippen LogP contribution in [0.15, 0.2) is 46.3 Å². The lowest BCUT2D eigenvalue weighted by atomic mass is 9.81. The summed E-state index contributed by atoms with van der Waals surface area (Å²) in [5.41, 5.74) is 0.760. The molecule has 0 aliphatic carbocycles. The van der Waals surface area contributed by atoms with Crippen molar-refractivity contribution < 1.29 is 9.32 Å². The van der Waals surface area contributed by atoms with Gasteiger partial charge in [0.1, 0.15) is 0 Å². The molecule has 0 radical (unpaired) electrons. The second-order valence-electron chi connectivity index (χ2n) is 6.33. The number of carbonyl (C=O) groups is 1. The smallest absolute Gasteiger partial charge is 0.246 e. The Hall–Kier alpha value is -2.18. The van der Waals surface area contributed by atoms with Gasteiger partial charge in [-0.25, -0.2) is 0 Å². The van der Waals surface area contributed by atoms with Gasteiger partial charge in [0, 0.05) is 11.4 Å². The summed E-state index contributed by atoms with van der Waals surface area (Å²) in [6.45, 7) is 4.27. The molecular weight excluding hydrogens is 358 g/mol. The Morgan fingerprint density at radius 3 is 2.72 bits per heavy atom. The fourth-order valence-electron chi connectivity index (χ4n) is 2.47. The molecule has 7 heteroatoms. The van der Waals surface area contributed by atoms with Gasteiger partial charge >= 0.3 is 0 Å². The van der Waals surface area contributed by atoms with E-state index in [0.29, 0.717) is 23.2 Å². The van der Waals surface area contributed by atoms with Gasteiger partial charge in [0.2, 0.25) is 17.6 Å². The second-order valence-corrected chi connectivity index (χ2v) is 7.72. The molecule has 0 aliphatic rings. The van der Waals surface area contributed by atoms with E-state index < -0.39 is 0 Å². The van der Waals surface area contributed by atoms with Crippen molar-refractivity contribution in [3.63, 3.8) is 0 Å². The maximum atomic E-state index is 12.3. The van der Waals surface area contributed by atoms with Gasteiger partial charge < -0.3 is 9.84 Å². The minimum absolute atomic E-state index is 0.0733. The summed E-state index contributed by atoms with van der Waals surface area (Å²) in [6.07, 6.45) is 0.348. The standard InChI is InChI=1S/C18H18ClN3O2S/c1-18(2,12-5-7-13(19)8-6-12)10-15(23)20-11-16-21-17(22-24-16)14-4-3-9-25-14/h3-9H,10-11H2,1-2H3,(H,20,23). The molecule has 1 aromatic carbocycles. The number of aromatic nitrogens is 2. The van der Waals surface area contributed by atoms with Crippen LogP contribution in [0.2, 0.25) is 5.02 Å². The molecule has 1 N–H and O–H groups in total. The average Bonchev–Trinajstić information content (AvgIpc) is 3.24. The number of hydrogen-bond acceptors (Lipinski definition) is 5. The van der Waals surface area contributed by atoms with E-state index in [2.05, 4.69) is 15.5 Å². The van der Waals surface area contributed by atoms with Crippen molar-refractivity contribution in [2.24, 2.45) is 0 Å². The van der Waals surface area contributed by atoms with Crippen LogP contribution in [-0.4, -0.2) is 16.0 Å². The summed E-state index contributed by atoms with van der Waals surface area (Å²) in [6, 6.07) is 11.4. The summed E-state index contributed by atoms with van der Waals surface area (Å²) in [4.78, 5) is 17.5. The molecule has 3 rings (SSSR count). The molecule has 0 unspecified atom stereocenters. The fraction of sp³-hybridized carbons (Fsp3) is 0.278. The van der Waals surface area contributed by atoms with Gasteiger partial charge in [-0.1, -0.05) is 48.8 Å². The van der Waals surface area contributed by atoms with Crippen molar-refractivity contribution in [1.82, 2.24) is 15.5 Å². The molecule has 3 aromatic rings. The zero-order chi connectivity index (χ0) is 17.9. The number of thiophene rings is 1. The Morgan fingerprint density at radius 1 is 1.28 bits per heavy atom. The minimum atomic E-state index is -0.300. The molecule has 2 heterocycles. The number of carbonyl (C=O) groups excluding carboxylic acids is 1. The maximum absolute atomic E-state index is 12.3. The van der Waals surface area contributed by atoms with Gasteiger partial charge in [-0.15, -0.1) is 11.3 Å². The molecule has 0 atom stereocenters. The highest BCUT2D eigenvalue weighted by atomic mass is 35.5. The third-order valence-electron chi connectivity index (χ3n) is 3.87. The Labute approximate surface area is 155 Å². The van der Waals surface area contributed by atoms with Crippen molar-refractivity contribution in [1.29, 1.82) is 0 Å². The highest BCUT2D eigenvalue weighted by molar-refractivity contribution is 7.13. The van der Waals surface area contributed by atoms with Crippen LogP contribution < -0.4 is 5.32 Å². The SMILES string of the molecule is CC(C)(CC(=O)NCc1nc(-c2cccs2)no1)c1ccc(Cl)cc1. The number of halogens is 1. The lowest BCUT2D eigenvalue weighted by Crippen LogP contribution is -2.30. The number of nitrogens with one attached hydrogen (secondary N) is 1. The molecular formula is C18H18ClN3O2S. The molecule has 2 aromatic heterocycles. The summed E-state index contributed by atoms with van der Waals surface area (Å²) >= 11 is 7.46. The van der Waals surface area contributed by atoms with E-state index >= 15 is 0 Å². The largest absolute Gasteiger partial charge is 0.347 e. The highest BCUT2D eigenvalue weighted by Gasteiger charge is 2.24. The quantitative estimate of drug-likeness (QED) is 0.691. The molecule has 0 bridgehead atoms. The van der Waals surface area contributed by atoms with Gasteiger partial charge in [0.15, 0.2) is 0 Å². The first kappa shape index (κ1) is 17.6. The zero-order valence-electron chi connectivity index (χ0n) is 14.0. The highest BCUT2D eigenvalue weighted by Crippen LogP contribution is 2.28. The lowest BCUT2D eigenvalue weighted by Gasteiger charge is -2.24. The second kappa shape index (κ2) is 7.37. The predicted molar refractivity (Wildman–Crippen MR) is 98.6 cm³/mol. The average molecular weight is 376 g/mol. The van der Waals surface area contributed by atoms with Crippen molar-refractivity contribution >= 4 is 28.8 Å². The monoisotopic (exact) mass is 375 g/mol. The normalized spacial score (nSPS) is 11.5. The Kier molecular flexibility index (Phi) is 5.20. The van der Waals surface area contributed by atoms with E-state index in [-0.39, 0.29) is 17.9 Å². The van der Waals surface area contributed by atoms with Crippen molar-refractivity contribution in [2.75, 3.05) is 0 Å². The molecule has 0 aliphatic heterocycles. The number of nitrogens with zero attached hydrogens (tertiary/aromatic N) is 2. The first-order valence-corrected chi connectivity index (χ1v) is 9.09. The van der Waals surface area contributed by atoms with Gasteiger partial charge in [-0.2, -0.15) is 4.98 Å². The minimum Gasteiger partial charge on any atom is -0.347 e. The van der Waals surface area contributed by atoms with Crippen LogP contribution in [0.25, 0.3) is 10.7 Å². The first-order chi connectivity index (χ1) is 11.9. The summed E-state index contributed by atoms with van der Waals surface area (Å²) in [5, 5.41) is 9.40. The van der Waals surface area contributed by atoms with Crippen LogP contribution in [0.5, 0.6) is 0 Å². The number of amides is 1. The molecule has 0 spiro atoms. The number of benzene rings is 1. The van der Waals surface area contributed by atoms with Crippen molar-refractivity contribution in [3.8, 4) is 10.7 Å². The Bertz CT molecular complexity index is 842. The van der Waals surface area contributed by atoms with Crippen LogP contribution in [-0.2, 0) is 16.8 Å². The number of rotatable bonds is 6. The van der Waals surface area contributed by atoms with E-state index in [4.69, 9.17) is 16.1 Å². The lowest BCUT2D eigenvalue weighted by molar-refractivity contribution is -0.122. The zero-order valence-corrected chi connectivity index (χ0v) is 15.5. The van der Waals surface area contributed by atoms with E-state index in [1.807, 2.05) is 55.6 Å². The van der Waals surface area contributed by atoms with Gasteiger partial charge in [-0.05, 0) is 34.6 Å². The van der Waals surface area contributed by atoms with E-state index in [9.17, 15) is 4.79 Å². The first-order valence-electron chi connectivity index (χ1n) is 7.83. The van der Waals surface area contributed by atoms with Crippen LogP contribution in [0, 0.1) is 0 Å². The van der Waals surface area contributed by atoms with Crippen LogP contribution in [0.1, 0.15) is 31.7 Å². The van der Waals surface area contributed by atoms with Gasteiger partial charge in [0.25, 0.3) is 0 Å². The van der Waals surface area contributed by atoms with Crippen molar-refractivity contribution in [3.05, 3.63) is 58.3 Å². The molecule has 0 saturated carbocycles. The molecule has 5 nitrogen and oxygen atoms in total. The molecule has 0 saturated heterocycles. The molecule has 25 heavy (non-hydrogen) atoms. The van der Waals surface area contributed by atoms with E-state index in [1.165, 1.54) is 11.3 Å². The van der Waals surface area contributed by atoms with E-state index in [1.54, 1.807) is 0 Å². The molecule has 130 valence electrons. The van der Waals surface area contributed by atoms with Crippen LogP contribution in [0.3, 0.4) is 0 Å². The van der Waals surface area contributed by atoms with Crippen molar-refractivity contribution in [2.45, 2.75) is 32.2 Å². The predicted octanol–water partition coefficient (Wildman–Crippen LogP) is 4.44. The topological polar surface area (TPSA) is 68.0 Å². The summed E-state index contributed by atoms with van der Waals surface area (Å²) in [7, 11) is 0. The summed E-state index contributed by atoms with van der Waals surface area (Å²) in [5.74, 6) is 0.859. The summed E-state index contributed by atoms with van der Waals surface area (Å²) < 4.78 is 5.18. The van der Waals surface area contributed by atoms with Gasteiger partial charge in [-0.3, -0.25) is 4.79 Å². The molecule has 1 amide bonds.